The molecule has 7 heteroatoms. The van der Waals surface area contributed by atoms with Gasteiger partial charge in [-0.05, 0) is 6.92 Å². The van der Waals surface area contributed by atoms with E-state index in [0.29, 0.717) is 12.4 Å². The molecule has 2 N–H and O–H groups in total. The number of rotatable bonds is 2. The number of aromatic nitrogens is 2. The molecule has 0 saturated heterocycles. The maximum absolute atomic E-state index is 11.2. The smallest absolute Gasteiger partial charge is 0.374 e. The minimum Gasteiger partial charge on any atom is -0.460 e. The molecule has 0 amide bonds. The Bertz CT molecular complexity index is 319. The van der Waals surface area contributed by atoms with Gasteiger partial charge in [-0.15, -0.1) is 24.8 Å². The second-order valence-corrected chi connectivity index (χ2v) is 2.83. The maximum atomic E-state index is 11.2. The zero-order valence-electron chi connectivity index (χ0n) is 8.20. The highest BCUT2D eigenvalue weighted by molar-refractivity contribution is 5.86. The van der Waals surface area contributed by atoms with Gasteiger partial charge in [-0.1, -0.05) is 0 Å². The van der Waals surface area contributed by atoms with Gasteiger partial charge in [0.25, 0.3) is 0 Å². The molecule has 86 valence electrons. The summed E-state index contributed by atoms with van der Waals surface area (Å²) < 4.78 is 4.81. The second-order valence-electron chi connectivity index (χ2n) is 2.83. The number of carbonyl (C=O) groups excluding carboxylic acids is 1. The molecule has 0 radical (unpaired) electrons. The van der Waals surface area contributed by atoms with Gasteiger partial charge in [0.2, 0.25) is 5.82 Å². The Morgan fingerprint density at radius 3 is 2.80 bits per heavy atom. The first-order valence-corrected chi connectivity index (χ1v) is 4.27. The van der Waals surface area contributed by atoms with Crippen LogP contribution in [0.5, 0.6) is 0 Å². The van der Waals surface area contributed by atoms with E-state index in [4.69, 9.17) is 4.74 Å². The van der Waals surface area contributed by atoms with Gasteiger partial charge in [-0.25, -0.2) is 9.78 Å². The van der Waals surface area contributed by atoms with E-state index < -0.39 is 0 Å². The number of ether oxygens (including phenoxy) is 1. The van der Waals surface area contributed by atoms with Crippen LogP contribution in [0.1, 0.15) is 28.9 Å². The van der Waals surface area contributed by atoms with E-state index in [2.05, 4.69) is 15.3 Å². The molecule has 15 heavy (non-hydrogen) atoms. The van der Waals surface area contributed by atoms with Gasteiger partial charge < -0.3 is 15.0 Å². The number of nitrogens with zero attached hydrogens (tertiary/aromatic N) is 1. The van der Waals surface area contributed by atoms with Gasteiger partial charge in [0.15, 0.2) is 0 Å². The lowest BCUT2D eigenvalue weighted by atomic mass is 10.4. The summed E-state index contributed by atoms with van der Waals surface area (Å²) in [5.74, 6) is -0.0646. The van der Waals surface area contributed by atoms with Crippen molar-refractivity contribution in [3.05, 3.63) is 17.2 Å². The van der Waals surface area contributed by atoms with Gasteiger partial charge >= 0.3 is 5.97 Å². The summed E-state index contributed by atoms with van der Waals surface area (Å²) in [6, 6.07) is 0. The number of H-pyrrole nitrogens is 1. The largest absolute Gasteiger partial charge is 0.460 e. The average Bonchev–Trinajstić information content (AvgIpc) is 2.61. The molecule has 0 unspecified atom stereocenters. The molecule has 0 bridgehead atoms. The van der Waals surface area contributed by atoms with Gasteiger partial charge in [0, 0.05) is 13.1 Å². The van der Waals surface area contributed by atoms with Gasteiger partial charge in [-0.3, -0.25) is 0 Å². The highest BCUT2D eigenvalue weighted by Gasteiger charge is 2.19. The second kappa shape index (κ2) is 5.95. The Kier molecular flexibility index (Phi) is 5.64. The Morgan fingerprint density at radius 2 is 2.20 bits per heavy atom. The zero-order chi connectivity index (χ0) is 9.26. The van der Waals surface area contributed by atoms with Crippen molar-refractivity contribution in [2.24, 2.45) is 0 Å². The Labute approximate surface area is 99.8 Å². The number of carbonyl (C=O) groups is 1. The highest BCUT2D eigenvalue weighted by Crippen LogP contribution is 2.12. The van der Waals surface area contributed by atoms with Gasteiger partial charge in [0.05, 0.1) is 18.0 Å². The Hall–Kier alpha value is -0.780. The molecule has 0 spiro atoms. The van der Waals surface area contributed by atoms with Crippen LogP contribution < -0.4 is 5.32 Å². The van der Waals surface area contributed by atoms with Crippen molar-refractivity contribution in [2.75, 3.05) is 6.61 Å². The van der Waals surface area contributed by atoms with Crippen LogP contribution in [-0.4, -0.2) is 22.5 Å². The normalized spacial score (nSPS) is 12.3. The van der Waals surface area contributed by atoms with Crippen LogP contribution in [0, 0.1) is 0 Å². The lowest BCUT2D eigenvalue weighted by Gasteiger charge is -1.97. The molecular formula is C8H13Cl2N3O2. The van der Waals surface area contributed by atoms with E-state index in [0.717, 1.165) is 24.5 Å². The summed E-state index contributed by atoms with van der Waals surface area (Å²) >= 11 is 0. The molecule has 0 atom stereocenters. The minimum atomic E-state index is -0.378. The number of hydrogen-bond acceptors (Lipinski definition) is 4. The number of halogens is 2. The summed E-state index contributed by atoms with van der Waals surface area (Å²) in [7, 11) is 0. The molecule has 0 aromatic carbocycles. The zero-order valence-corrected chi connectivity index (χ0v) is 9.83. The van der Waals surface area contributed by atoms with Crippen molar-refractivity contribution in [3.63, 3.8) is 0 Å². The number of imidazole rings is 1. The van der Waals surface area contributed by atoms with Crippen LogP contribution >= 0.6 is 24.8 Å². The first kappa shape index (κ1) is 14.2. The summed E-state index contributed by atoms with van der Waals surface area (Å²) in [5, 5.41) is 3.12. The number of hydrogen-bond donors (Lipinski definition) is 2. The molecule has 5 nitrogen and oxygen atoms in total. The third kappa shape index (κ3) is 2.84. The molecule has 0 aliphatic carbocycles. The molecular weight excluding hydrogens is 241 g/mol. The van der Waals surface area contributed by atoms with E-state index in [1.54, 1.807) is 6.92 Å². The maximum Gasteiger partial charge on any atom is 0.374 e. The van der Waals surface area contributed by atoms with Crippen LogP contribution in [0.25, 0.3) is 0 Å². The first-order chi connectivity index (χ1) is 6.31. The van der Waals surface area contributed by atoms with E-state index in [9.17, 15) is 4.79 Å². The van der Waals surface area contributed by atoms with E-state index in [1.807, 2.05) is 0 Å². The number of fused-ring (bicyclic) bond motifs is 1. The quantitative estimate of drug-likeness (QED) is 0.773. The van der Waals surface area contributed by atoms with Crippen molar-refractivity contribution in [2.45, 2.75) is 20.0 Å². The molecule has 2 rings (SSSR count). The summed E-state index contributed by atoms with van der Waals surface area (Å²) in [4.78, 5) is 18.3. The summed E-state index contributed by atoms with van der Waals surface area (Å²) in [6.45, 7) is 3.63. The fourth-order valence-electron chi connectivity index (χ4n) is 1.34. The Morgan fingerprint density at radius 1 is 1.47 bits per heavy atom. The Balaban J connectivity index is 0.000000980. The fourth-order valence-corrected chi connectivity index (χ4v) is 1.34. The highest BCUT2D eigenvalue weighted by atomic mass is 35.5. The summed E-state index contributed by atoms with van der Waals surface area (Å²) in [6.07, 6.45) is 0. The molecule has 1 aromatic rings. The topological polar surface area (TPSA) is 67.0 Å². The van der Waals surface area contributed by atoms with Crippen molar-refractivity contribution in [1.82, 2.24) is 15.3 Å². The monoisotopic (exact) mass is 253 g/mol. The molecule has 1 aliphatic rings. The van der Waals surface area contributed by atoms with Crippen LogP contribution in [0.2, 0.25) is 0 Å². The number of esters is 1. The lowest BCUT2D eigenvalue weighted by Crippen LogP contribution is -2.09. The van der Waals surface area contributed by atoms with Crippen molar-refractivity contribution >= 4 is 30.8 Å². The van der Waals surface area contributed by atoms with E-state index in [1.165, 1.54) is 0 Å². The van der Waals surface area contributed by atoms with E-state index >= 15 is 0 Å². The number of aromatic amines is 1. The molecule has 2 heterocycles. The van der Waals surface area contributed by atoms with Crippen molar-refractivity contribution in [1.29, 1.82) is 0 Å². The predicted octanol–water partition coefficient (Wildman–Crippen LogP) is 1.03. The van der Waals surface area contributed by atoms with E-state index in [-0.39, 0.29) is 30.8 Å². The predicted molar refractivity (Wildman–Crippen MR) is 59.6 cm³/mol. The van der Waals surface area contributed by atoms with Gasteiger partial charge in [0.1, 0.15) is 0 Å². The third-order valence-corrected chi connectivity index (χ3v) is 1.93. The number of nitrogens with one attached hydrogen (secondary N) is 2. The molecule has 0 saturated carbocycles. The van der Waals surface area contributed by atoms with Crippen LogP contribution in [-0.2, 0) is 17.8 Å². The first-order valence-electron chi connectivity index (χ1n) is 4.27. The summed E-state index contributed by atoms with van der Waals surface area (Å²) in [5.41, 5.74) is 1.91. The molecule has 0 fully saturated rings. The van der Waals surface area contributed by atoms with Crippen LogP contribution in [0.3, 0.4) is 0 Å². The standard InChI is InChI=1S/C8H11N3O2.2ClH/c1-2-13-8(12)7-10-5-3-9-4-6(5)11-7;;/h9H,2-4H2,1H3,(H,10,11);2*1H. The van der Waals surface area contributed by atoms with Crippen molar-refractivity contribution in [3.8, 4) is 0 Å². The lowest BCUT2D eigenvalue weighted by molar-refractivity contribution is 0.0513. The SMILES string of the molecule is CCOC(=O)c1nc2c([nH]1)CNC2.Cl.Cl. The van der Waals surface area contributed by atoms with Crippen LogP contribution in [0.15, 0.2) is 0 Å². The average molecular weight is 254 g/mol. The van der Waals surface area contributed by atoms with Crippen molar-refractivity contribution < 1.29 is 9.53 Å². The third-order valence-electron chi connectivity index (χ3n) is 1.93. The minimum absolute atomic E-state index is 0. The molecule has 1 aromatic heterocycles. The van der Waals surface area contributed by atoms with Gasteiger partial charge in [-0.2, -0.15) is 0 Å². The fraction of sp³-hybridized carbons (Fsp3) is 0.500. The molecule has 1 aliphatic heterocycles. The van der Waals surface area contributed by atoms with Crippen LogP contribution in [0.4, 0.5) is 0 Å².